The van der Waals surface area contributed by atoms with E-state index in [9.17, 15) is 14.0 Å². The van der Waals surface area contributed by atoms with Crippen LogP contribution in [0.15, 0.2) is 29.4 Å². The summed E-state index contributed by atoms with van der Waals surface area (Å²) in [6.45, 7) is 0. The van der Waals surface area contributed by atoms with E-state index < -0.39 is 11.8 Å². The van der Waals surface area contributed by atoms with E-state index in [1.54, 1.807) is 0 Å². The summed E-state index contributed by atoms with van der Waals surface area (Å²) in [5.41, 5.74) is 2.63. The summed E-state index contributed by atoms with van der Waals surface area (Å²) in [5, 5.41) is 5.68. The van der Waals surface area contributed by atoms with E-state index in [-0.39, 0.29) is 5.82 Å². The van der Waals surface area contributed by atoms with Crippen LogP contribution in [-0.4, -0.2) is 25.1 Å². The molecule has 0 spiro atoms. The summed E-state index contributed by atoms with van der Waals surface area (Å²) in [7, 11) is 1.34. The fourth-order valence-corrected chi connectivity index (χ4v) is 0.879. The fourth-order valence-electron chi connectivity index (χ4n) is 0.879. The number of halogens is 1. The Labute approximate surface area is 91.3 Å². The van der Waals surface area contributed by atoms with Crippen LogP contribution in [0.4, 0.5) is 4.39 Å². The lowest BCUT2D eigenvalue weighted by Gasteiger charge is -1.96. The molecule has 0 saturated heterocycles. The molecule has 0 heterocycles. The molecular weight excluding hydrogens is 213 g/mol. The molecule has 0 atom stereocenters. The average molecular weight is 223 g/mol. The molecule has 0 saturated carbocycles. The number of benzene rings is 1. The van der Waals surface area contributed by atoms with Gasteiger partial charge in [-0.3, -0.25) is 9.59 Å². The zero-order valence-electron chi connectivity index (χ0n) is 8.53. The number of carbonyl (C=O) groups excluding carboxylic acids is 2. The molecule has 0 aliphatic heterocycles. The Kier molecular flexibility index (Phi) is 4.14. The average Bonchev–Trinajstić information content (AvgIpc) is 2.30. The highest BCUT2D eigenvalue weighted by Gasteiger charge is 2.08. The smallest absolute Gasteiger partial charge is 0.329 e. The molecule has 16 heavy (non-hydrogen) atoms. The summed E-state index contributed by atoms with van der Waals surface area (Å²) in [4.78, 5) is 21.7. The summed E-state index contributed by atoms with van der Waals surface area (Å²) >= 11 is 0. The molecule has 2 amide bonds. The van der Waals surface area contributed by atoms with Crippen molar-refractivity contribution in [2.75, 3.05) is 7.05 Å². The Morgan fingerprint density at radius 1 is 1.25 bits per heavy atom. The molecule has 5 nitrogen and oxygen atoms in total. The number of hydrazone groups is 1. The van der Waals surface area contributed by atoms with E-state index in [1.165, 1.54) is 37.5 Å². The predicted octanol–water partition coefficient (Wildman–Crippen LogP) is 0.0218. The van der Waals surface area contributed by atoms with Crippen molar-refractivity contribution >= 4 is 18.0 Å². The van der Waals surface area contributed by atoms with Gasteiger partial charge in [0.05, 0.1) is 6.21 Å². The van der Waals surface area contributed by atoms with Crippen LogP contribution in [0, 0.1) is 5.82 Å². The van der Waals surface area contributed by atoms with Crippen LogP contribution in [0.25, 0.3) is 0 Å². The second-order valence-corrected chi connectivity index (χ2v) is 2.83. The Morgan fingerprint density at radius 3 is 2.44 bits per heavy atom. The first kappa shape index (κ1) is 11.8. The van der Waals surface area contributed by atoms with E-state index in [1.807, 2.05) is 5.43 Å². The van der Waals surface area contributed by atoms with Crippen molar-refractivity contribution in [3.63, 3.8) is 0 Å². The van der Waals surface area contributed by atoms with Crippen molar-refractivity contribution in [1.82, 2.24) is 10.7 Å². The molecule has 0 radical (unpaired) electrons. The van der Waals surface area contributed by atoms with Gasteiger partial charge in [-0.1, -0.05) is 12.1 Å². The quantitative estimate of drug-likeness (QED) is 0.421. The number of carbonyl (C=O) groups is 2. The highest BCUT2D eigenvalue weighted by Crippen LogP contribution is 1.99. The van der Waals surface area contributed by atoms with Gasteiger partial charge in [0.2, 0.25) is 0 Å². The molecule has 0 unspecified atom stereocenters. The number of rotatable bonds is 2. The Morgan fingerprint density at radius 2 is 1.88 bits per heavy atom. The van der Waals surface area contributed by atoms with E-state index >= 15 is 0 Å². The number of hydrogen-bond donors (Lipinski definition) is 2. The Balaban J connectivity index is 2.52. The molecule has 1 aromatic rings. The van der Waals surface area contributed by atoms with Crippen LogP contribution >= 0.6 is 0 Å². The number of amides is 2. The molecular formula is C10H10FN3O2. The minimum absolute atomic E-state index is 0.355. The summed E-state index contributed by atoms with van der Waals surface area (Å²) < 4.78 is 12.5. The standard InChI is InChI=1S/C10H10FN3O2/c1-12-9(15)10(16)14-13-6-7-2-4-8(11)5-3-7/h2-6H,1H3,(H,12,15)(H,14,16)/b13-6+. The molecule has 0 bridgehead atoms. The molecule has 1 aromatic carbocycles. The molecule has 0 fully saturated rings. The highest BCUT2D eigenvalue weighted by atomic mass is 19.1. The molecule has 6 heteroatoms. The molecule has 84 valence electrons. The third kappa shape index (κ3) is 3.49. The molecule has 2 N–H and O–H groups in total. The van der Waals surface area contributed by atoms with Gasteiger partial charge >= 0.3 is 11.8 Å². The van der Waals surface area contributed by atoms with Crippen LogP contribution in [0.3, 0.4) is 0 Å². The van der Waals surface area contributed by atoms with E-state index in [0.717, 1.165) is 0 Å². The van der Waals surface area contributed by atoms with Crippen molar-refractivity contribution in [3.8, 4) is 0 Å². The van der Waals surface area contributed by atoms with Gasteiger partial charge in [-0.2, -0.15) is 5.10 Å². The van der Waals surface area contributed by atoms with E-state index in [4.69, 9.17) is 0 Å². The van der Waals surface area contributed by atoms with Gasteiger partial charge in [0, 0.05) is 7.05 Å². The van der Waals surface area contributed by atoms with Gasteiger partial charge in [-0.05, 0) is 17.7 Å². The van der Waals surface area contributed by atoms with Crippen LogP contribution < -0.4 is 10.7 Å². The second kappa shape index (κ2) is 5.59. The zero-order chi connectivity index (χ0) is 12.0. The van der Waals surface area contributed by atoms with Gasteiger partial charge in [0.15, 0.2) is 0 Å². The second-order valence-electron chi connectivity index (χ2n) is 2.83. The minimum Gasteiger partial charge on any atom is -0.351 e. The first-order chi connectivity index (χ1) is 7.63. The van der Waals surface area contributed by atoms with Gasteiger partial charge in [-0.25, -0.2) is 9.82 Å². The van der Waals surface area contributed by atoms with Crippen molar-refractivity contribution in [2.24, 2.45) is 5.10 Å². The van der Waals surface area contributed by atoms with Crippen molar-refractivity contribution in [2.45, 2.75) is 0 Å². The first-order valence-corrected chi connectivity index (χ1v) is 4.44. The lowest BCUT2D eigenvalue weighted by atomic mass is 10.2. The molecule has 0 aliphatic carbocycles. The van der Waals surface area contributed by atoms with E-state index in [2.05, 4.69) is 10.4 Å². The predicted molar refractivity (Wildman–Crippen MR) is 56.2 cm³/mol. The fraction of sp³-hybridized carbons (Fsp3) is 0.100. The topological polar surface area (TPSA) is 70.6 Å². The minimum atomic E-state index is -0.860. The third-order valence-corrected chi connectivity index (χ3v) is 1.68. The first-order valence-electron chi connectivity index (χ1n) is 4.44. The maximum absolute atomic E-state index is 12.5. The monoisotopic (exact) mass is 223 g/mol. The van der Waals surface area contributed by atoms with Gasteiger partial charge in [0.1, 0.15) is 5.82 Å². The maximum atomic E-state index is 12.5. The number of nitrogens with zero attached hydrogens (tertiary/aromatic N) is 1. The van der Waals surface area contributed by atoms with Crippen LogP contribution in [0.5, 0.6) is 0 Å². The lowest BCUT2D eigenvalue weighted by Crippen LogP contribution is -2.35. The summed E-state index contributed by atoms with van der Waals surface area (Å²) in [5.74, 6) is -2.00. The Hall–Kier alpha value is -2.24. The maximum Gasteiger partial charge on any atom is 0.329 e. The number of nitrogens with one attached hydrogen (secondary N) is 2. The van der Waals surface area contributed by atoms with Gasteiger partial charge in [-0.15, -0.1) is 0 Å². The van der Waals surface area contributed by atoms with Crippen LogP contribution in [-0.2, 0) is 9.59 Å². The van der Waals surface area contributed by atoms with Crippen LogP contribution in [0.1, 0.15) is 5.56 Å². The molecule has 0 aliphatic rings. The lowest BCUT2D eigenvalue weighted by molar-refractivity contribution is -0.138. The number of hydrogen-bond acceptors (Lipinski definition) is 3. The largest absolute Gasteiger partial charge is 0.351 e. The van der Waals surface area contributed by atoms with Gasteiger partial charge < -0.3 is 5.32 Å². The molecule has 0 aromatic heterocycles. The summed E-state index contributed by atoms with van der Waals surface area (Å²) in [6, 6.07) is 5.51. The SMILES string of the molecule is CNC(=O)C(=O)N/N=C/c1ccc(F)cc1. The zero-order valence-corrected chi connectivity index (χ0v) is 8.53. The highest BCUT2D eigenvalue weighted by molar-refractivity contribution is 6.34. The van der Waals surface area contributed by atoms with Crippen molar-refractivity contribution in [3.05, 3.63) is 35.6 Å². The summed E-state index contributed by atoms with van der Waals surface area (Å²) in [6.07, 6.45) is 1.31. The Bertz CT molecular complexity index is 415. The normalized spacial score (nSPS) is 10.1. The van der Waals surface area contributed by atoms with Crippen LogP contribution in [0.2, 0.25) is 0 Å². The molecule has 1 rings (SSSR count). The van der Waals surface area contributed by atoms with Gasteiger partial charge in [0.25, 0.3) is 0 Å². The van der Waals surface area contributed by atoms with Crippen molar-refractivity contribution < 1.29 is 14.0 Å². The van der Waals surface area contributed by atoms with E-state index in [0.29, 0.717) is 5.56 Å². The number of likely N-dealkylation sites (N-methyl/N-ethyl adjacent to an activating group) is 1. The third-order valence-electron chi connectivity index (χ3n) is 1.68. The van der Waals surface area contributed by atoms with Crippen molar-refractivity contribution in [1.29, 1.82) is 0 Å².